The lowest BCUT2D eigenvalue weighted by Gasteiger charge is -2.17. The Morgan fingerprint density at radius 2 is 2.21 bits per heavy atom. The van der Waals surface area contributed by atoms with Crippen molar-refractivity contribution in [3.8, 4) is 0 Å². The van der Waals surface area contributed by atoms with Crippen LogP contribution in [-0.2, 0) is 11.2 Å². The Morgan fingerprint density at radius 1 is 1.32 bits per heavy atom. The fourth-order valence-corrected chi connectivity index (χ4v) is 2.04. The van der Waals surface area contributed by atoms with E-state index >= 15 is 0 Å². The van der Waals surface area contributed by atoms with Crippen LogP contribution in [0.2, 0.25) is 0 Å². The van der Waals surface area contributed by atoms with Gasteiger partial charge in [0.1, 0.15) is 0 Å². The molecular weight excluding hydrogens is 244 g/mol. The summed E-state index contributed by atoms with van der Waals surface area (Å²) in [5.74, 6) is -0.184. The van der Waals surface area contributed by atoms with Gasteiger partial charge in [-0.3, -0.25) is 14.7 Å². The summed E-state index contributed by atoms with van der Waals surface area (Å²) >= 11 is 0. The number of nitrogens with one attached hydrogen (secondary N) is 3. The molecule has 96 valence electrons. The topological polar surface area (TPSA) is 86.9 Å². The summed E-state index contributed by atoms with van der Waals surface area (Å²) < 4.78 is 0. The van der Waals surface area contributed by atoms with Crippen molar-refractivity contribution < 1.29 is 9.59 Å². The number of nitrogens with zero attached hydrogens (tertiary/aromatic N) is 1. The molecule has 0 radical (unpaired) electrons. The normalized spacial score (nSPS) is 13.6. The highest BCUT2D eigenvalue weighted by atomic mass is 16.2. The minimum absolute atomic E-state index is 0.0303. The Morgan fingerprint density at radius 3 is 3.00 bits per heavy atom. The number of aromatic amines is 1. The first-order chi connectivity index (χ1) is 9.22. The van der Waals surface area contributed by atoms with Crippen LogP contribution in [0.5, 0.6) is 0 Å². The first-order valence-corrected chi connectivity index (χ1v) is 5.95. The molecule has 0 saturated heterocycles. The molecular formula is C13H12N4O2. The first-order valence-electron chi connectivity index (χ1n) is 5.95. The number of benzene rings is 1. The molecule has 0 atom stereocenters. The van der Waals surface area contributed by atoms with Gasteiger partial charge in [0.2, 0.25) is 5.91 Å². The standard InChI is InChI=1S/C13H12N4O2/c18-12-4-1-8-5-10(2-3-11(8)17-12)16-13(19)9-6-14-15-7-9/h2-3,5-7H,1,4H2,(H,14,15)(H,16,19)(H,17,18). The molecule has 2 heterocycles. The van der Waals surface area contributed by atoms with Crippen molar-refractivity contribution in [2.24, 2.45) is 0 Å². The summed E-state index contributed by atoms with van der Waals surface area (Å²) in [6, 6.07) is 5.45. The van der Waals surface area contributed by atoms with Gasteiger partial charge in [-0.25, -0.2) is 0 Å². The molecule has 0 bridgehead atoms. The van der Waals surface area contributed by atoms with E-state index in [4.69, 9.17) is 0 Å². The van der Waals surface area contributed by atoms with E-state index in [2.05, 4.69) is 20.8 Å². The van der Waals surface area contributed by atoms with Gasteiger partial charge in [0.15, 0.2) is 0 Å². The van der Waals surface area contributed by atoms with Gasteiger partial charge < -0.3 is 10.6 Å². The highest BCUT2D eigenvalue weighted by Gasteiger charge is 2.15. The summed E-state index contributed by atoms with van der Waals surface area (Å²) in [4.78, 5) is 23.1. The van der Waals surface area contributed by atoms with Crippen LogP contribution in [0.25, 0.3) is 0 Å². The first kappa shape index (κ1) is 11.5. The fraction of sp³-hybridized carbons (Fsp3) is 0.154. The highest BCUT2D eigenvalue weighted by molar-refractivity contribution is 6.04. The largest absolute Gasteiger partial charge is 0.326 e. The molecule has 2 amide bonds. The number of amides is 2. The maximum atomic E-state index is 11.9. The molecule has 1 aromatic carbocycles. The number of hydrogen-bond donors (Lipinski definition) is 3. The number of aryl methyl sites for hydroxylation is 1. The number of aromatic nitrogens is 2. The second-order valence-corrected chi connectivity index (χ2v) is 4.36. The third-order valence-electron chi connectivity index (χ3n) is 3.02. The molecule has 1 aliphatic rings. The van der Waals surface area contributed by atoms with E-state index in [9.17, 15) is 9.59 Å². The average molecular weight is 256 g/mol. The third kappa shape index (κ3) is 2.33. The molecule has 3 rings (SSSR count). The molecule has 1 aromatic heterocycles. The van der Waals surface area contributed by atoms with Gasteiger partial charge in [0.05, 0.1) is 11.8 Å². The Bertz CT molecular complexity index is 634. The minimum atomic E-state index is -0.214. The van der Waals surface area contributed by atoms with Crippen LogP contribution in [0.1, 0.15) is 22.3 Å². The Labute approximate surface area is 109 Å². The van der Waals surface area contributed by atoms with Crippen molar-refractivity contribution >= 4 is 23.2 Å². The number of H-pyrrole nitrogens is 1. The van der Waals surface area contributed by atoms with E-state index in [0.717, 1.165) is 11.3 Å². The molecule has 2 aromatic rings. The van der Waals surface area contributed by atoms with Crippen LogP contribution in [0.15, 0.2) is 30.6 Å². The number of carbonyl (C=O) groups excluding carboxylic acids is 2. The molecule has 0 fully saturated rings. The summed E-state index contributed by atoms with van der Waals surface area (Å²) in [7, 11) is 0. The van der Waals surface area contributed by atoms with E-state index in [-0.39, 0.29) is 11.8 Å². The molecule has 6 heteroatoms. The average Bonchev–Trinajstić information content (AvgIpc) is 2.93. The SMILES string of the molecule is O=C1CCc2cc(NC(=O)c3cn[nH]c3)ccc2N1. The number of hydrogen-bond acceptors (Lipinski definition) is 3. The quantitative estimate of drug-likeness (QED) is 0.761. The lowest BCUT2D eigenvalue weighted by molar-refractivity contribution is -0.116. The zero-order valence-electron chi connectivity index (χ0n) is 10.1. The van der Waals surface area contributed by atoms with Gasteiger partial charge in [0, 0.05) is 24.0 Å². The van der Waals surface area contributed by atoms with Crippen LogP contribution >= 0.6 is 0 Å². The zero-order chi connectivity index (χ0) is 13.2. The van der Waals surface area contributed by atoms with E-state index < -0.39 is 0 Å². The Hall–Kier alpha value is -2.63. The van der Waals surface area contributed by atoms with E-state index in [1.807, 2.05) is 6.07 Å². The van der Waals surface area contributed by atoms with Gasteiger partial charge in [-0.1, -0.05) is 0 Å². The van der Waals surface area contributed by atoms with Gasteiger partial charge in [-0.15, -0.1) is 0 Å². The maximum Gasteiger partial charge on any atom is 0.258 e. The van der Waals surface area contributed by atoms with Crippen molar-refractivity contribution in [3.05, 3.63) is 41.7 Å². The van der Waals surface area contributed by atoms with Crippen LogP contribution in [0.3, 0.4) is 0 Å². The molecule has 1 aliphatic heterocycles. The van der Waals surface area contributed by atoms with Crippen molar-refractivity contribution in [1.29, 1.82) is 0 Å². The number of anilines is 2. The van der Waals surface area contributed by atoms with Crippen molar-refractivity contribution in [3.63, 3.8) is 0 Å². The van der Waals surface area contributed by atoms with Gasteiger partial charge in [-0.2, -0.15) is 5.10 Å². The minimum Gasteiger partial charge on any atom is -0.326 e. The summed E-state index contributed by atoms with van der Waals surface area (Å²) in [5.41, 5.74) is 3.04. The van der Waals surface area contributed by atoms with Gasteiger partial charge in [0.25, 0.3) is 5.91 Å². The second kappa shape index (κ2) is 4.56. The van der Waals surface area contributed by atoms with Gasteiger partial charge in [-0.05, 0) is 30.2 Å². The van der Waals surface area contributed by atoms with E-state index in [1.54, 1.807) is 12.1 Å². The third-order valence-corrected chi connectivity index (χ3v) is 3.02. The second-order valence-electron chi connectivity index (χ2n) is 4.36. The van der Waals surface area contributed by atoms with Crippen LogP contribution in [0.4, 0.5) is 11.4 Å². The predicted molar refractivity (Wildman–Crippen MR) is 69.9 cm³/mol. The molecule has 0 aliphatic carbocycles. The van der Waals surface area contributed by atoms with E-state index in [1.165, 1.54) is 12.4 Å². The Balaban J connectivity index is 1.79. The highest BCUT2D eigenvalue weighted by Crippen LogP contribution is 2.25. The fourth-order valence-electron chi connectivity index (χ4n) is 2.04. The van der Waals surface area contributed by atoms with Crippen LogP contribution in [0, 0.1) is 0 Å². The predicted octanol–water partition coefficient (Wildman–Crippen LogP) is 1.55. The monoisotopic (exact) mass is 256 g/mol. The molecule has 3 N–H and O–H groups in total. The van der Waals surface area contributed by atoms with Crippen molar-refractivity contribution in [2.45, 2.75) is 12.8 Å². The maximum absolute atomic E-state index is 11.9. The lowest BCUT2D eigenvalue weighted by atomic mass is 10.0. The summed E-state index contributed by atoms with van der Waals surface area (Å²) in [5, 5.41) is 11.9. The summed E-state index contributed by atoms with van der Waals surface area (Å²) in [6.45, 7) is 0. The Kier molecular flexibility index (Phi) is 2.75. The summed E-state index contributed by atoms with van der Waals surface area (Å²) in [6.07, 6.45) is 4.17. The van der Waals surface area contributed by atoms with Crippen LogP contribution < -0.4 is 10.6 Å². The smallest absolute Gasteiger partial charge is 0.258 e. The number of fused-ring (bicyclic) bond motifs is 1. The number of carbonyl (C=O) groups is 2. The van der Waals surface area contributed by atoms with Crippen molar-refractivity contribution in [1.82, 2.24) is 10.2 Å². The lowest BCUT2D eigenvalue weighted by Crippen LogP contribution is -2.19. The van der Waals surface area contributed by atoms with Gasteiger partial charge >= 0.3 is 0 Å². The molecule has 6 nitrogen and oxygen atoms in total. The molecule has 0 unspecified atom stereocenters. The molecule has 0 spiro atoms. The van der Waals surface area contributed by atoms with Crippen molar-refractivity contribution in [2.75, 3.05) is 10.6 Å². The van der Waals surface area contributed by atoms with Crippen LogP contribution in [-0.4, -0.2) is 22.0 Å². The molecule has 0 saturated carbocycles. The zero-order valence-corrected chi connectivity index (χ0v) is 10.1. The van der Waals surface area contributed by atoms with E-state index in [0.29, 0.717) is 24.1 Å². The number of rotatable bonds is 2. The molecule has 19 heavy (non-hydrogen) atoms.